The molecule has 2 aromatic rings. The Hall–Kier alpha value is -3.11. The van der Waals surface area contributed by atoms with Gasteiger partial charge in [0.25, 0.3) is 0 Å². The second-order valence-corrected chi connectivity index (χ2v) is 8.07. The van der Waals surface area contributed by atoms with Crippen LogP contribution >= 0.6 is 0 Å². The van der Waals surface area contributed by atoms with Crippen LogP contribution in [0.2, 0.25) is 0 Å². The van der Waals surface area contributed by atoms with Gasteiger partial charge in [0.15, 0.2) is 0 Å². The molecule has 1 aromatic heterocycles. The van der Waals surface area contributed by atoms with Gasteiger partial charge < -0.3 is 19.9 Å². The van der Waals surface area contributed by atoms with Crippen molar-refractivity contribution in [1.82, 2.24) is 9.88 Å². The SMILES string of the molecule is N#Cc1ccccc1N1CCCN(CCCCOc2ccc3c(n2)NC(=O)CC3)CC1. The molecule has 0 spiro atoms. The van der Waals surface area contributed by atoms with Gasteiger partial charge >= 0.3 is 0 Å². The predicted octanol–water partition coefficient (Wildman–Crippen LogP) is 3.21. The van der Waals surface area contributed by atoms with Crippen LogP contribution in [0.25, 0.3) is 0 Å². The number of benzene rings is 1. The van der Waals surface area contributed by atoms with Crippen LogP contribution in [0.3, 0.4) is 0 Å². The first-order chi connectivity index (χ1) is 15.2. The highest BCUT2D eigenvalue weighted by Gasteiger charge is 2.18. The Labute approximate surface area is 183 Å². The lowest BCUT2D eigenvalue weighted by molar-refractivity contribution is -0.116. The highest BCUT2D eigenvalue weighted by Crippen LogP contribution is 2.23. The summed E-state index contributed by atoms with van der Waals surface area (Å²) in [6.45, 7) is 5.68. The Kier molecular flexibility index (Phi) is 7.00. The minimum absolute atomic E-state index is 0.0178. The number of rotatable bonds is 7. The molecule has 0 saturated carbocycles. The summed E-state index contributed by atoms with van der Waals surface area (Å²) in [7, 11) is 0. The van der Waals surface area contributed by atoms with E-state index in [1.54, 1.807) is 0 Å². The van der Waals surface area contributed by atoms with Crippen molar-refractivity contribution >= 4 is 17.4 Å². The lowest BCUT2D eigenvalue weighted by Crippen LogP contribution is -2.31. The van der Waals surface area contributed by atoms with Gasteiger partial charge in [-0.15, -0.1) is 0 Å². The minimum Gasteiger partial charge on any atom is -0.478 e. The van der Waals surface area contributed by atoms with E-state index in [4.69, 9.17) is 4.74 Å². The normalized spacial score (nSPS) is 16.7. The van der Waals surface area contributed by atoms with E-state index < -0.39 is 0 Å². The number of fused-ring (bicyclic) bond motifs is 1. The first-order valence-electron chi connectivity index (χ1n) is 11.1. The van der Waals surface area contributed by atoms with Gasteiger partial charge in [0.05, 0.1) is 17.9 Å². The van der Waals surface area contributed by atoms with Gasteiger partial charge in [-0.25, -0.2) is 0 Å². The molecule has 4 rings (SSSR count). The largest absolute Gasteiger partial charge is 0.478 e. The van der Waals surface area contributed by atoms with E-state index in [0.29, 0.717) is 24.7 Å². The molecule has 1 N–H and O–H groups in total. The van der Waals surface area contributed by atoms with Gasteiger partial charge in [-0.1, -0.05) is 12.1 Å². The zero-order valence-corrected chi connectivity index (χ0v) is 17.8. The van der Waals surface area contributed by atoms with Gasteiger partial charge in [0.2, 0.25) is 11.8 Å². The number of para-hydroxylation sites is 1. The van der Waals surface area contributed by atoms with Crippen molar-refractivity contribution in [3.8, 4) is 11.9 Å². The second-order valence-electron chi connectivity index (χ2n) is 8.07. The summed E-state index contributed by atoms with van der Waals surface area (Å²) in [6, 6.07) is 14.1. The highest BCUT2D eigenvalue weighted by atomic mass is 16.5. The van der Waals surface area contributed by atoms with Crippen LogP contribution in [0.5, 0.6) is 5.88 Å². The van der Waals surface area contributed by atoms with Crippen LogP contribution in [-0.4, -0.2) is 55.1 Å². The Morgan fingerprint density at radius 3 is 2.87 bits per heavy atom. The minimum atomic E-state index is 0.0178. The van der Waals surface area contributed by atoms with Crippen LogP contribution in [0.4, 0.5) is 11.5 Å². The first kappa shape index (κ1) is 21.1. The molecule has 1 fully saturated rings. The molecule has 1 amide bonds. The number of aryl methyl sites for hydroxylation is 1. The molecule has 2 aliphatic heterocycles. The zero-order chi connectivity index (χ0) is 21.5. The molecule has 162 valence electrons. The van der Waals surface area contributed by atoms with Crippen molar-refractivity contribution in [2.24, 2.45) is 0 Å². The number of carbonyl (C=O) groups excluding carboxylic acids is 1. The lowest BCUT2D eigenvalue weighted by Gasteiger charge is -2.24. The number of unbranched alkanes of at least 4 members (excludes halogenated alkanes) is 1. The molecule has 1 saturated heterocycles. The molecule has 0 radical (unpaired) electrons. The molecular weight excluding hydrogens is 390 g/mol. The number of ether oxygens (including phenoxy) is 1. The average molecular weight is 420 g/mol. The molecule has 0 atom stereocenters. The van der Waals surface area contributed by atoms with Crippen molar-refractivity contribution in [2.75, 3.05) is 49.5 Å². The first-order valence-corrected chi connectivity index (χ1v) is 11.1. The summed E-state index contributed by atoms with van der Waals surface area (Å²) in [6.07, 6.45) is 4.39. The number of amides is 1. The van der Waals surface area contributed by atoms with Gasteiger partial charge in [-0.2, -0.15) is 10.2 Å². The Morgan fingerprint density at radius 1 is 1.06 bits per heavy atom. The molecule has 31 heavy (non-hydrogen) atoms. The fourth-order valence-electron chi connectivity index (χ4n) is 4.20. The molecule has 7 heteroatoms. The maximum Gasteiger partial charge on any atom is 0.225 e. The monoisotopic (exact) mass is 419 g/mol. The number of anilines is 2. The summed E-state index contributed by atoms with van der Waals surface area (Å²) >= 11 is 0. The van der Waals surface area contributed by atoms with E-state index in [2.05, 4.69) is 26.2 Å². The fraction of sp³-hybridized carbons (Fsp3) is 0.458. The topological polar surface area (TPSA) is 81.5 Å². The van der Waals surface area contributed by atoms with Gasteiger partial charge in [-0.3, -0.25) is 4.79 Å². The molecule has 0 unspecified atom stereocenters. The summed E-state index contributed by atoms with van der Waals surface area (Å²) < 4.78 is 5.80. The van der Waals surface area contributed by atoms with Crippen LogP contribution in [0.15, 0.2) is 36.4 Å². The van der Waals surface area contributed by atoms with Crippen molar-refractivity contribution in [1.29, 1.82) is 5.26 Å². The lowest BCUT2D eigenvalue weighted by atomic mass is 10.1. The Bertz CT molecular complexity index is 955. The van der Waals surface area contributed by atoms with Crippen molar-refractivity contribution in [2.45, 2.75) is 32.1 Å². The Balaban J connectivity index is 1.18. The summed E-state index contributed by atoms with van der Waals surface area (Å²) in [5.41, 5.74) is 2.87. The number of nitrogens with zero attached hydrogens (tertiary/aromatic N) is 4. The van der Waals surface area contributed by atoms with E-state index in [0.717, 1.165) is 75.2 Å². The van der Waals surface area contributed by atoms with Crippen LogP contribution in [0.1, 0.15) is 36.8 Å². The second kappa shape index (κ2) is 10.3. The third-order valence-electron chi connectivity index (χ3n) is 5.90. The summed E-state index contributed by atoms with van der Waals surface area (Å²) in [5.74, 6) is 1.23. The van der Waals surface area contributed by atoms with Crippen LogP contribution in [0, 0.1) is 11.3 Å². The number of hydrogen-bond acceptors (Lipinski definition) is 6. The van der Waals surface area contributed by atoms with E-state index in [-0.39, 0.29) is 5.91 Å². The van der Waals surface area contributed by atoms with E-state index >= 15 is 0 Å². The highest BCUT2D eigenvalue weighted by molar-refractivity contribution is 5.92. The maximum atomic E-state index is 11.5. The number of hydrogen-bond donors (Lipinski definition) is 1. The predicted molar refractivity (Wildman–Crippen MR) is 120 cm³/mol. The third kappa shape index (κ3) is 5.53. The van der Waals surface area contributed by atoms with Crippen LogP contribution in [-0.2, 0) is 11.2 Å². The third-order valence-corrected chi connectivity index (χ3v) is 5.90. The number of carbonyl (C=O) groups is 1. The molecular formula is C24H29N5O2. The van der Waals surface area contributed by atoms with Gasteiger partial charge in [-0.05, 0) is 62.5 Å². The van der Waals surface area contributed by atoms with Crippen molar-refractivity contribution < 1.29 is 9.53 Å². The number of nitriles is 1. The van der Waals surface area contributed by atoms with Crippen LogP contribution < -0.4 is 15.0 Å². The average Bonchev–Trinajstić information content (AvgIpc) is 3.04. The maximum absolute atomic E-state index is 11.5. The van der Waals surface area contributed by atoms with Gasteiger partial charge in [0.1, 0.15) is 11.9 Å². The fourth-order valence-corrected chi connectivity index (χ4v) is 4.20. The number of aromatic nitrogens is 1. The van der Waals surface area contributed by atoms with Crippen molar-refractivity contribution in [3.63, 3.8) is 0 Å². The van der Waals surface area contributed by atoms with Crippen molar-refractivity contribution in [3.05, 3.63) is 47.5 Å². The standard InChI is InChI=1S/C24H29N5O2/c25-18-20-6-1-2-7-21(20)29-14-5-13-28(15-16-29)12-3-4-17-31-23-11-9-19-8-10-22(30)26-24(19)27-23/h1-2,6-7,9,11H,3-5,8,10,12-17H2,(H,26,27,30). The quantitative estimate of drug-likeness (QED) is 0.694. The van der Waals surface area contributed by atoms with E-state index in [1.807, 2.05) is 36.4 Å². The molecule has 1 aromatic carbocycles. The van der Waals surface area contributed by atoms with E-state index in [1.165, 1.54) is 0 Å². The zero-order valence-electron chi connectivity index (χ0n) is 17.8. The summed E-state index contributed by atoms with van der Waals surface area (Å²) in [4.78, 5) is 20.8. The number of pyridine rings is 1. The molecule has 3 heterocycles. The molecule has 0 aliphatic carbocycles. The molecule has 7 nitrogen and oxygen atoms in total. The number of nitrogens with one attached hydrogen (secondary N) is 1. The molecule has 0 bridgehead atoms. The Morgan fingerprint density at radius 2 is 1.97 bits per heavy atom. The summed E-state index contributed by atoms with van der Waals surface area (Å²) in [5, 5.41) is 12.2. The van der Waals surface area contributed by atoms with E-state index in [9.17, 15) is 10.1 Å². The molecule has 2 aliphatic rings. The smallest absolute Gasteiger partial charge is 0.225 e. The van der Waals surface area contributed by atoms with Gasteiger partial charge in [0, 0.05) is 32.1 Å².